The Morgan fingerprint density at radius 3 is 2.63 bits per heavy atom. The number of nitrogens with one attached hydrogen (secondary N) is 1. The number of nitrogens with two attached hydrogens (primary N) is 1. The minimum absolute atomic E-state index is 0.145. The number of aliphatic hydroxyl groups is 1. The van der Waals surface area contributed by atoms with Crippen molar-refractivity contribution in [3.05, 3.63) is 35.6 Å². The van der Waals surface area contributed by atoms with Gasteiger partial charge >= 0.3 is 0 Å². The second-order valence-electron chi connectivity index (χ2n) is 5.29. The molecule has 0 aliphatic carbocycles. The molecule has 0 aliphatic heterocycles. The molecule has 0 heterocycles. The molecule has 0 fully saturated rings. The fraction of sp³-hybridized carbons (Fsp3) is 0.600. The topological polar surface area (TPSA) is 58.3 Å². The molecule has 0 saturated heterocycles. The predicted molar refractivity (Wildman–Crippen MR) is 76.5 cm³/mol. The average Bonchev–Trinajstić information content (AvgIpc) is 2.41. The molecule has 0 saturated carbocycles. The maximum Gasteiger partial charge on any atom is 0.126 e. The van der Waals surface area contributed by atoms with Gasteiger partial charge in [0.15, 0.2) is 0 Å². The maximum absolute atomic E-state index is 13.7. The highest BCUT2D eigenvalue weighted by molar-refractivity contribution is 5.20. The third kappa shape index (κ3) is 4.90. The van der Waals surface area contributed by atoms with E-state index < -0.39 is 0 Å². The summed E-state index contributed by atoms with van der Waals surface area (Å²) in [7, 11) is 0. The van der Waals surface area contributed by atoms with E-state index in [1.54, 1.807) is 12.1 Å². The van der Waals surface area contributed by atoms with Crippen molar-refractivity contribution in [2.75, 3.05) is 13.2 Å². The van der Waals surface area contributed by atoms with Gasteiger partial charge in [-0.1, -0.05) is 25.1 Å². The molecule has 0 aliphatic rings. The van der Waals surface area contributed by atoms with Gasteiger partial charge in [0, 0.05) is 24.7 Å². The van der Waals surface area contributed by atoms with Crippen LogP contribution in [0.2, 0.25) is 0 Å². The van der Waals surface area contributed by atoms with E-state index in [1.807, 2.05) is 13.0 Å². The number of aliphatic hydroxyl groups excluding tert-OH is 1. The van der Waals surface area contributed by atoms with Crippen molar-refractivity contribution < 1.29 is 9.50 Å². The summed E-state index contributed by atoms with van der Waals surface area (Å²) in [5.74, 6) is -0.195. The molecule has 2 atom stereocenters. The SMILES string of the molecule is CCC(CCO)NC(C)(CN)Cc1ccccc1F. The van der Waals surface area contributed by atoms with E-state index in [1.165, 1.54) is 6.07 Å². The minimum Gasteiger partial charge on any atom is -0.396 e. The zero-order valence-electron chi connectivity index (χ0n) is 11.8. The summed E-state index contributed by atoms with van der Waals surface area (Å²) >= 11 is 0. The molecular weight excluding hydrogens is 243 g/mol. The zero-order valence-corrected chi connectivity index (χ0v) is 11.8. The van der Waals surface area contributed by atoms with Gasteiger partial charge in [-0.15, -0.1) is 0 Å². The lowest BCUT2D eigenvalue weighted by atomic mass is 9.91. The highest BCUT2D eigenvalue weighted by Gasteiger charge is 2.26. The molecule has 108 valence electrons. The van der Waals surface area contributed by atoms with E-state index >= 15 is 0 Å². The minimum atomic E-state index is -0.363. The molecule has 0 amide bonds. The van der Waals surface area contributed by atoms with Gasteiger partial charge in [0.1, 0.15) is 5.82 Å². The Balaban J connectivity index is 2.77. The maximum atomic E-state index is 13.7. The molecule has 1 rings (SSSR count). The summed E-state index contributed by atoms with van der Waals surface area (Å²) < 4.78 is 13.7. The van der Waals surface area contributed by atoms with Crippen LogP contribution < -0.4 is 11.1 Å². The smallest absolute Gasteiger partial charge is 0.126 e. The van der Waals surface area contributed by atoms with Crippen LogP contribution in [0.1, 0.15) is 32.3 Å². The Labute approximate surface area is 115 Å². The average molecular weight is 268 g/mol. The van der Waals surface area contributed by atoms with Gasteiger partial charge in [-0.25, -0.2) is 4.39 Å². The largest absolute Gasteiger partial charge is 0.396 e. The number of benzene rings is 1. The summed E-state index contributed by atoms with van der Waals surface area (Å²) in [5.41, 5.74) is 6.16. The van der Waals surface area contributed by atoms with Crippen molar-refractivity contribution in [2.45, 2.75) is 44.7 Å². The summed E-state index contributed by atoms with van der Waals surface area (Å²) in [4.78, 5) is 0. The Morgan fingerprint density at radius 1 is 1.42 bits per heavy atom. The fourth-order valence-electron chi connectivity index (χ4n) is 2.27. The van der Waals surface area contributed by atoms with Gasteiger partial charge < -0.3 is 16.2 Å². The number of halogens is 1. The van der Waals surface area contributed by atoms with Crippen LogP contribution in [0.25, 0.3) is 0 Å². The molecule has 19 heavy (non-hydrogen) atoms. The first-order chi connectivity index (χ1) is 9.04. The molecule has 2 unspecified atom stereocenters. The summed E-state index contributed by atoms with van der Waals surface area (Å²) in [6.07, 6.45) is 2.13. The van der Waals surface area contributed by atoms with Crippen molar-refractivity contribution in [3.8, 4) is 0 Å². The van der Waals surface area contributed by atoms with Crippen LogP contribution in [0.3, 0.4) is 0 Å². The standard InChI is InChI=1S/C15H25FN2O/c1-3-13(8-9-19)18-15(2,11-17)10-12-6-4-5-7-14(12)16/h4-7,13,18-19H,3,8-11,17H2,1-2H3. The summed E-state index contributed by atoms with van der Waals surface area (Å²) in [6.45, 7) is 4.63. The number of hydrogen-bond donors (Lipinski definition) is 3. The molecule has 3 nitrogen and oxygen atoms in total. The van der Waals surface area contributed by atoms with Crippen LogP contribution in [0.5, 0.6) is 0 Å². The molecule has 1 aromatic carbocycles. The van der Waals surface area contributed by atoms with E-state index in [9.17, 15) is 4.39 Å². The molecule has 0 radical (unpaired) electrons. The highest BCUT2D eigenvalue weighted by atomic mass is 19.1. The van der Waals surface area contributed by atoms with E-state index in [0.717, 1.165) is 6.42 Å². The van der Waals surface area contributed by atoms with Crippen LogP contribution in [0.15, 0.2) is 24.3 Å². The first kappa shape index (κ1) is 16.1. The van der Waals surface area contributed by atoms with Gasteiger partial charge in [-0.3, -0.25) is 0 Å². The van der Waals surface area contributed by atoms with Crippen LogP contribution in [-0.4, -0.2) is 29.8 Å². The normalized spacial score (nSPS) is 16.1. The zero-order chi connectivity index (χ0) is 14.3. The van der Waals surface area contributed by atoms with E-state index in [-0.39, 0.29) is 24.0 Å². The lowest BCUT2D eigenvalue weighted by Crippen LogP contribution is -2.54. The van der Waals surface area contributed by atoms with Gasteiger partial charge in [0.05, 0.1) is 0 Å². The first-order valence-electron chi connectivity index (χ1n) is 6.86. The lowest BCUT2D eigenvalue weighted by molar-refractivity contribution is 0.232. The van der Waals surface area contributed by atoms with E-state index in [4.69, 9.17) is 10.8 Å². The highest BCUT2D eigenvalue weighted by Crippen LogP contribution is 2.17. The molecule has 0 bridgehead atoms. The Bertz CT molecular complexity index is 386. The number of rotatable bonds is 8. The van der Waals surface area contributed by atoms with Gasteiger partial charge in [0.25, 0.3) is 0 Å². The number of hydrogen-bond acceptors (Lipinski definition) is 3. The summed E-state index contributed by atoms with van der Waals surface area (Å²) in [6, 6.07) is 6.98. The van der Waals surface area contributed by atoms with Crippen LogP contribution >= 0.6 is 0 Å². The Hall–Kier alpha value is -0.970. The monoisotopic (exact) mass is 268 g/mol. The molecular formula is C15H25FN2O. The predicted octanol–water partition coefficient (Wildman–Crippen LogP) is 1.84. The van der Waals surface area contributed by atoms with Crippen LogP contribution in [-0.2, 0) is 6.42 Å². The molecule has 1 aromatic rings. The second kappa shape index (κ2) is 7.58. The van der Waals surface area contributed by atoms with Crippen molar-refractivity contribution in [1.29, 1.82) is 0 Å². The molecule has 4 N–H and O–H groups in total. The third-order valence-electron chi connectivity index (χ3n) is 3.51. The van der Waals surface area contributed by atoms with E-state index in [0.29, 0.717) is 24.9 Å². The fourth-order valence-corrected chi connectivity index (χ4v) is 2.27. The van der Waals surface area contributed by atoms with Gasteiger partial charge in [-0.2, -0.15) is 0 Å². The Kier molecular flexibility index (Phi) is 6.42. The first-order valence-corrected chi connectivity index (χ1v) is 6.86. The van der Waals surface area contributed by atoms with Crippen molar-refractivity contribution in [2.24, 2.45) is 5.73 Å². The second-order valence-corrected chi connectivity index (χ2v) is 5.29. The van der Waals surface area contributed by atoms with E-state index in [2.05, 4.69) is 12.2 Å². The van der Waals surface area contributed by atoms with Crippen molar-refractivity contribution in [1.82, 2.24) is 5.32 Å². The van der Waals surface area contributed by atoms with Gasteiger partial charge in [0.2, 0.25) is 0 Å². The van der Waals surface area contributed by atoms with Crippen molar-refractivity contribution in [3.63, 3.8) is 0 Å². The molecule has 0 spiro atoms. The quantitative estimate of drug-likeness (QED) is 0.674. The summed E-state index contributed by atoms with van der Waals surface area (Å²) in [5, 5.41) is 12.5. The van der Waals surface area contributed by atoms with Crippen LogP contribution in [0, 0.1) is 5.82 Å². The van der Waals surface area contributed by atoms with Crippen molar-refractivity contribution >= 4 is 0 Å². The Morgan fingerprint density at radius 2 is 2.11 bits per heavy atom. The molecule has 4 heteroatoms. The van der Waals surface area contributed by atoms with Crippen LogP contribution in [0.4, 0.5) is 4.39 Å². The third-order valence-corrected chi connectivity index (χ3v) is 3.51. The van der Waals surface area contributed by atoms with Gasteiger partial charge in [-0.05, 0) is 37.8 Å². The lowest BCUT2D eigenvalue weighted by Gasteiger charge is -2.34. The molecule has 0 aromatic heterocycles.